The Labute approximate surface area is 96.5 Å². The number of hydrogen-bond acceptors (Lipinski definition) is 5. The van der Waals surface area contributed by atoms with Crippen LogP contribution in [0, 0.1) is 6.92 Å². The van der Waals surface area contributed by atoms with Crippen LogP contribution in [0.1, 0.15) is 15.7 Å². The summed E-state index contributed by atoms with van der Waals surface area (Å²) in [7, 11) is 0. The van der Waals surface area contributed by atoms with Crippen molar-refractivity contribution in [2.45, 2.75) is 25.9 Å². The SMILES string of the molecule is Cc1nc(CC(O)Cc2nccs2)cs1. The van der Waals surface area contributed by atoms with Gasteiger partial charge in [-0.15, -0.1) is 22.7 Å². The summed E-state index contributed by atoms with van der Waals surface area (Å²) in [5, 5.41) is 15.8. The molecule has 80 valence electrons. The number of aliphatic hydroxyl groups is 1. The van der Waals surface area contributed by atoms with Crippen molar-refractivity contribution in [1.82, 2.24) is 9.97 Å². The molecule has 1 unspecified atom stereocenters. The van der Waals surface area contributed by atoms with E-state index in [0.29, 0.717) is 12.8 Å². The lowest BCUT2D eigenvalue weighted by Crippen LogP contribution is -2.13. The summed E-state index contributed by atoms with van der Waals surface area (Å²) in [5.41, 5.74) is 0.974. The number of rotatable bonds is 4. The molecule has 0 aliphatic heterocycles. The Morgan fingerprint density at radius 3 is 2.87 bits per heavy atom. The van der Waals surface area contributed by atoms with E-state index in [4.69, 9.17) is 0 Å². The van der Waals surface area contributed by atoms with E-state index in [1.54, 1.807) is 28.9 Å². The fourth-order valence-electron chi connectivity index (χ4n) is 1.37. The highest BCUT2D eigenvalue weighted by molar-refractivity contribution is 7.09. The topological polar surface area (TPSA) is 46.0 Å². The molecule has 0 fully saturated rings. The second-order valence-electron chi connectivity index (χ2n) is 3.35. The molecular formula is C10H12N2OS2. The Bertz CT molecular complexity index is 411. The minimum Gasteiger partial charge on any atom is -0.392 e. The van der Waals surface area contributed by atoms with Gasteiger partial charge < -0.3 is 5.11 Å². The number of aliphatic hydroxyl groups excluding tert-OH is 1. The standard InChI is InChI=1S/C10H12N2OS2/c1-7-12-8(6-15-7)4-9(13)5-10-11-2-3-14-10/h2-3,6,9,13H,4-5H2,1H3. The van der Waals surface area contributed by atoms with Crippen LogP contribution in [0.2, 0.25) is 0 Å². The van der Waals surface area contributed by atoms with E-state index in [1.807, 2.05) is 17.7 Å². The predicted molar refractivity (Wildman–Crippen MR) is 62.4 cm³/mol. The zero-order chi connectivity index (χ0) is 10.7. The van der Waals surface area contributed by atoms with Crippen LogP contribution in [-0.4, -0.2) is 21.2 Å². The van der Waals surface area contributed by atoms with E-state index in [0.717, 1.165) is 15.7 Å². The summed E-state index contributed by atoms with van der Waals surface area (Å²) < 4.78 is 0. The maximum atomic E-state index is 9.81. The van der Waals surface area contributed by atoms with Crippen LogP contribution in [0.4, 0.5) is 0 Å². The molecule has 0 aromatic carbocycles. The zero-order valence-electron chi connectivity index (χ0n) is 8.38. The van der Waals surface area contributed by atoms with Gasteiger partial charge in [-0.3, -0.25) is 0 Å². The fraction of sp³-hybridized carbons (Fsp3) is 0.400. The van der Waals surface area contributed by atoms with Gasteiger partial charge in [-0.25, -0.2) is 9.97 Å². The first kappa shape index (κ1) is 10.7. The number of nitrogens with zero attached hydrogens (tertiary/aromatic N) is 2. The molecule has 1 N–H and O–H groups in total. The zero-order valence-corrected chi connectivity index (χ0v) is 10.0. The van der Waals surface area contributed by atoms with Crippen LogP contribution < -0.4 is 0 Å². The molecule has 0 aliphatic rings. The van der Waals surface area contributed by atoms with Crippen LogP contribution in [-0.2, 0) is 12.8 Å². The van der Waals surface area contributed by atoms with Gasteiger partial charge >= 0.3 is 0 Å². The lowest BCUT2D eigenvalue weighted by atomic mass is 10.1. The van der Waals surface area contributed by atoms with Gasteiger partial charge in [0.15, 0.2) is 0 Å². The highest BCUT2D eigenvalue weighted by Crippen LogP contribution is 2.13. The molecule has 0 amide bonds. The molecule has 2 aromatic rings. The number of aromatic nitrogens is 2. The first-order valence-electron chi connectivity index (χ1n) is 4.71. The van der Waals surface area contributed by atoms with Gasteiger partial charge in [0, 0.05) is 29.8 Å². The first-order valence-corrected chi connectivity index (χ1v) is 6.47. The summed E-state index contributed by atoms with van der Waals surface area (Å²) in [4.78, 5) is 8.47. The van der Waals surface area contributed by atoms with Crippen LogP contribution in [0.25, 0.3) is 0 Å². The highest BCUT2D eigenvalue weighted by atomic mass is 32.1. The normalized spacial score (nSPS) is 12.9. The predicted octanol–water partition coefficient (Wildman–Crippen LogP) is 2.05. The van der Waals surface area contributed by atoms with Crippen LogP contribution >= 0.6 is 22.7 Å². The largest absolute Gasteiger partial charge is 0.392 e. The van der Waals surface area contributed by atoms with Gasteiger partial charge in [0.25, 0.3) is 0 Å². The quantitative estimate of drug-likeness (QED) is 0.889. The third kappa shape index (κ3) is 3.09. The van der Waals surface area contributed by atoms with Crippen molar-refractivity contribution in [2.24, 2.45) is 0 Å². The highest BCUT2D eigenvalue weighted by Gasteiger charge is 2.10. The maximum absolute atomic E-state index is 9.81. The molecular weight excluding hydrogens is 228 g/mol. The van der Waals surface area contributed by atoms with Crippen LogP contribution in [0.15, 0.2) is 17.0 Å². The van der Waals surface area contributed by atoms with Gasteiger partial charge in [0.2, 0.25) is 0 Å². The molecule has 15 heavy (non-hydrogen) atoms. The number of thiazole rings is 2. The Hall–Kier alpha value is -0.780. The third-order valence-corrected chi connectivity index (χ3v) is 3.63. The Balaban J connectivity index is 1.90. The molecule has 0 spiro atoms. The lowest BCUT2D eigenvalue weighted by molar-refractivity contribution is 0.174. The molecule has 2 heterocycles. The summed E-state index contributed by atoms with van der Waals surface area (Å²) in [6.07, 6.45) is 2.62. The van der Waals surface area contributed by atoms with E-state index < -0.39 is 0 Å². The molecule has 2 rings (SSSR count). The van der Waals surface area contributed by atoms with Crippen molar-refractivity contribution in [1.29, 1.82) is 0 Å². The molecule has 0 saturated heterocycles. The van der Waals surface area contributed by atoms with E-state index in [1.165, 1.54) is 0 Å². The van der Waals surface area contributed by atoms with E-state index in [9.17, 15) is 5.11 Å². The van der Waals surface area contributed by atoms with Gasteiger partial charge in [-0.2, -0.15) is 0 Å². The number of hydrogen-bond donors (Lipinski definition) is 1. The van der Waals surface area contributed by atoms with Crippen LogP contribution in [0.5, 0.6) is 0 Å². The fourth-order valence-corrected chi connectivity index (χ4v) is 2.69. The minimum absolute atomic E-state index is 0.377. The van der Waals surface area contributed by atoms with Crippen molar-refractivity contribution in [3.63, 3.8) is 0 Å². The summed E-state index contributed by atoms with van der Waals surface area (Å²) in [6, 6.07) is 0. The summed E-state index contributed by atoms with van der Waals surface area (Å²) >= 11 is 3.20. The van der Waals surface area contributed by atoms with E-state index in [-0.39, 0.29) is 6.10 Å². The van der Waals surface area contributed by atoms with E-state index >= 15 is 0 Å². The second-order valence-corrected chi connectivity index (χ2v) is 5.39. The average molecular weight is 240 g/mol. The van der Waals surface area contributed by atoms with Gasteiger partial charge in [-0.1, -0.05) is 0 Å². The molecule has 0 aliphatic carbocycles. The summed E-state index contributed by atoms with van der Waals surface area (Å²) in [6.45, 7) is 1.97. The van der Waals surface area contributed by atoms with Crippen LogP contribution in [0.3, 0.4) is 0 Å². The molecule has 2 aromatic heterocycles. The molecule has 3 nitrogen and oxygen atoms in total. The van der Waals surface area contributed by atoms with Crippen molar-refractivity contribution in [2.75, 3.05) is 0 Å². The second kappa shape index (κ2) is 4.83. The monoisotopic (exact) mass is 240 g/mol. The number of aryl methyl sites for hydroxylation is 1. The lowest BCUT2D eigenvalue weighted by Gasteiger charge is -2.05. The van der Waals surface area contributed by atoms with Crippen molar-refractivity contribution < 1.29 is 5.11 Å². The van der Waals surface area contributed by atoms with Crippen molar-refractivity contribution in [3.8, 4) is 0 Å². The van der Waals surface area contributed by atoms with Gasteiger partial charge in [0.1, 0.15) is 0 Å². The Morgan fingerprint density at radius 2 is 2.27 bits per heavy atom. The van der Waals surface area contributed by atoms with Gasteiger partial charge in [-0.05, 0) is 6.92 Å². The molecule has 0 saturated carbocycles. The average Bonchev–Trinajstić information content (AvgIpc) is 2.77. The minimum atomic E-state index is -0.377. The Morgan fingerprint density at radius 1 is 1.40 bits per heavy atom. The van der Waals surface area contributed by atoms with Gasteiger partial charge in [0.05, 0.1) is 21.8 Å². The molecule has 0 radical (unpaired) electrons. The molecule has 5 heteroatoms. The first-order chi connectivity index (χ1) is 7.24. The molecule has 1 atom stereocenters. The van der Waals surface area contributed by atoms with E-state index in [2.05, 4.69) is 9.97 Å². The maximum Gasteiger partial charge on any atom is 0.0950 e. The third-order valence-electron chi connectivity index (χ3n) is 2.01. The van der Waals surface area contributed by atoms with Crippen molar-refractivity contribution >= 4 is 22.7 Å². The Kier molecular flexibility index (Phi) is 3.45. The smallest absolute Gasteiger partial charge is 0.0950 e. The molecule has 0 bridgehead atoms. The van der Waals surface area contributed by atoms with Crippen molar-refractivity contribution in [3.05, 3.63) is 32.7 Å². The summed E-state index contributed by atoms with van der Waals surface area (Å²) in [5.74, 6) is 0.